The van der Waals surface area contributed by atoms with Gasteiger partial charge in [0.25, 0.3) is 0 Å². The first-order valence-electron chi connectivity index (χ1n) is 11.3. The topological polar surface area (TPSA) is 29.5 Å². The first-order valence-corrected chi connectivity index (χ1v) is 11.3. The smallest absolute Gasteiger partial charge is 0.223 e. The van der Waals surface area contributed by atoms with Crippen molar-refractivity contribution in [3.63, 3.8) is 0 Å². The fraction of sp³-hybridized carbons (Fsp3) is 0.321. The monoisotopic (exact) mass is 411 g/mol. The van der Waals surface area contributed by atoms with Crippen molar-refractivity contribution in [2.75, 3.05) is 19.7 Å². The highest BCUT2D eigenvalue weighted by Gasteiger charge is 2.42. The molecule has 158 valence electrons. The Labute approximate surface area is 184 Å². The molecule has 3 heteroatoms. The number of carbonyl (C=O) groups excluding carboxylic acids is 1. The Bertz CT molecular complexity index is 1030. The Kier molecular flexibility index (Phi) is 5.61. The van der Waals surface area contributed by atoms with Gasteiger partial charge < -0.3 is 9.64 Å². The summed E-state index contributed by atoms with van der Waals surface area (Å²) >= 11 is 0. The van der Waals surface area contributed by atoms with Crippen LogP contribution < -0.4 is 0 Å². The van der Waals surface area contributed by atoms with E-state index in [-0.39, 0.29) is 5.91 Å². The van der Waals surface area contributed by atoms with Gasteiger partial charge in [0.05, 0.1) is 18.6 Å². The molecule has 0 unspecified atom stereocenters. The van der Waals surface area contributed by atoms with Gasteiger partial charge in [-0.25, -0.2) is 0 Å². The molecule has 3 nitrogen and oxygen atoms in total. The van der Waals surface area contributed by atoms with Gasteiger partial charge in [-0.2, -0.15) is 0 Å². The van der Waals surface area contributed by atoms with Crippen LogP contribution in [0.5, 0.6) is 0 Å². The fourth-order valence-corrected chi connectivity index (χ4v) is 5.33. The summed E-state index contributed by atoms with van der Waals surface area (Å²) < 4.78 is 6.06. The Hall–Kier alpha value is -2.91. The fourth-order valence-electron chi connectivity index (χ4n) is 5.33. The summed E-state index contributed by atoms with van der Waals surface area (Å²) in [5.41, 5.74) is 4.55. The number of carbonyl (C=O) groups is 1. The van der Waals surface area contributed by atoms with Gasteiger partial charge in [-0.05, 0) is 41.0 Å². The zero-order valence-corrected chi connectivity index (χ0v) is 17.9. The zero-order valence-electron chi connectivity index (χ0n) is 17.9. The quantitative estimate of drug-likeness (QED) is 0.583. The molecule has 1 amide bonds. The lowest BCUT2D eigenvalue weighted by Crippen LogP contribution is -2.45. The van der Waals surface area contributed by atoms with Gasteiger partial charge >= 0.3 is 0 Å². The highest BCUT2D eigenvalue weighted by atomic mass is 16.5. The van der Waals surface area contributed by atoms with Crippen LogP contribution in [-0.2, 0) is 21.6 Å². The molecule has 3 aromatic carbocycles. The van der Waals surface area contributed by atoms with E-state index >= 15 is 0 Å². The van der Waals surface area contributed by atoms with Gasteiger partial charge in [-0.1, -0.05) is 84.9 Å². The van der Waals surface area contributed by atoms with Gasteiger partial charge in [0.1, 0.15) is 0 Å². The molecule has 0 N–H and O–H groups in total. The van der Waals surface area contributed by atoms with E-state index in [1.54, 1.807) is 0 Å². The number of ether oxygens (including phenoxy) is 1. The van der Waals surface area contributed by atoms with Gasteiger partial charge in [0.15, 0.2) is 0 Å². The SMILES string of the molecule is O=C(C[C@@]1(c2ccccc2)COCc2ccccc21)N1CCC(c2ccccc2)CC1. The van der Waals surface area contributed by atoms with Crippen LogP contribution in [0.3, 0.4) is 0 Å². The third-order valence-corrected chi connectivity index (χ3v) is 7.04. The van der Waals surface area contributed by atoms with Gasteiger partial charge in [0, 0.05) is 19.5 Å². The molecule has 2 aliphatic heterocycles. The minimum atomic E-state index is -0.427. The molecule has 1 saturated heterocycles. The number of benzene rings is 3. The van der Waals surface area contributed by atoms with Crippen LogP contribution in [0.2, 0.25) is 0 Å². The summed E-state index contributed by atoms with van der Waals surface area (Å²) in [6.07, 6.45) is 2.51. The maximum absolute atomic E-state index is 13.6. The number of rotatable bonds is 4. The Balaban J connectivity index is 1.38. The summed E-state index contributed by atoms with van der Waals surface area (Å²) in [7, 11) is 0. The summed E-state index contributed by atoms with van der Waals surface area (Å²) in [5.74, 6) is 0.780. The molecular weight excluding hydrogens is 382 g/mol. The lowest BCUT2D eigenvalue weighted by atomic mass is 9.69. The predicted octanol–water partition coefficient (Wildman–Crippen LogP) is 5.30. The molecule has 0 spiro atoms. The first kappa shape index (κ1) is 20.0. The van der Waals surface area contributed by atoms with E-state index in [9.17, 15) is 4.79 Å². The Morgan fingerprint density at radius 1 is 0.871 bits per heavy atom. The molecule has 1 fully saturated rings. The van der Waals surface area contributed by atoms with Crippen molar-refractivity contribution in [2.45, 2.75) is 37.2 Å². The van der Waals surface area contributed by atoms with Crippen LogP contribution in [-0.4, -0.2) is 30.5 Å². The van der Waals surface area contributed by atoms with Crippen molar-refractivity contribution in [1.82, 2.24) is 4.90 Å². The average molecular weight is 412 g/mol. The number of fused-ring (bicyclic) bond motifs is 1. The highest BCUT2D eigenvalue weighted by Crippen LogP contribution is 2.42. The first-order chi connectivity index (χ1) is 15.3. The summed E-state index contributed by atoms with van der Waals surface area (Å²) in [6.45, 7) is 2.80. The van der Waals surface area contributed by atoms with Crippen LogP contribution >= 0.6 is 0 Å². The van der Waals surface area contributed by atoms with E-state index < -0.39 is 5.41 Å². The highest BCUT2D eigenvalue weighted by molar-refractivity contribution is 5.79. The minimum Gasteiger partial charge on any atom is -0.375 e. The van der Waals surface area contributed by atoms with Gasteiger partial charge in [-0.3, -0.25) is 4.79 Å². The van der Waals surface area contributed by atoms with E-state index in [0.717, 1.165) is 31.5 Å². The van der Waals surface area contributed by atoms with E-state index in [1.807, 2.05) is 6.07 Å². The summed E-state index contributed by atoms with van der Waals surface area (Å²) in [6, 6.07) is 29.6. The van der Waals surface area contributed by atoms with Crippen molar-refractivity contribution in [3.05, 3.63) is 107 Å². The molecule has 0 radical (unpaired) electrons. The molecule has 0 bridgehead atoms. The maximum atomic E-state index is 13.6. The van der Waals surface area contributed by atoms with E-state index in [2.05, 4.69) is 83.8 Å². The van der Waals surface area contributed by atoms with Crippen LogP contribution in [0.4, 0.5) is 0 Å². The number of piperidine rings is 1. The number of hydrogen-bond acceptors (Lipinski definition) is 2. The van der Waals surface area contributed by atoms with Crippen LogP contribution in [0.15, 0.2) is 84.9 Å². The molecule has 5 rings (SSSR count). The normalized spacial score (nSPS) is 21.5. The van der Waals surface area contributed by atoms with Crippen LogP contribution in [0.1, 0.15) is 47.4 Å². The third-order valence-electron chi connectivity index (χ3n) is 7.04. The number of amides is 1. The van der Waals surface area contributed by atoms with E-state index in [0.29, 0.717) is 25.6 Å². The van der Waals surface area contributed by atoms with Crippen molar-refractivity contribution >= 4 is 5.91 Å². The second-order valence-corrected chi connectivity index (χ2v) is 8.84. The third kappa shape index (κ3) is 3.90. The molecule has 0 aromatic heterocycles. The molecule has 1 atom stereocenters. The molecule has 3 aromatic rings. The minimum absolute atomic E-state index is 0.232. The van der Waals surface area contributed by atoms with Gasteiger partial charge in [0.2, 0.25) is 5.91 Å². The van der Waals surface area contributed by atoms with Crippen LogP contribution in [0, 0.1) is 0 Å². The lowest BCUT2D eigenvalue weighted by Gasteiger charge is -2.41. The molecule has 31 heavy (non-hydrogen) atoms. The predicted molar refractivity (Wildman–Crippen MR) is 123 cm³/mol. The summed E-state index contributed by atoms with van der Waals surface area (Å²) in [4.78, 5) is 15.6. The molecule has 0 saturated carbocycles. The molecule has 2 heterocycles. The number of likely N-dealkylation sites (tertiary alicyclic amines) is 1. The molecule has 2 aliphatic rings. The van der Waals surface area contributed by atoms with E-state index in [1.165, 1.54) is 16.7 Å². The van der Waals surface area contributed by atoms with Crippen molar-refractivity contribution < 1.29 is 9.53 Å². The number of hydrogen-bond donors (Lipinski definition) is 0. The Morgan fingerprint density at radius 2 is 1.52 bits per heavy atom. The van der Waals surface area contributed by atoms with Crippen LogP contribution in [0.25, 0.3) is 0 Å². The van der Waals surface area contributed by atoms with Gasteiger partial charge in [-0.15, -0.1) is 0 Å². The summed E-state index contributed by atoms with van der Waals surface area (Å²) in [5, 5.41) is 0. The maximum Gasteiger partial charge on any atom is 0.223 e. The standard InChI is InChI=1S/C28H29NO2/c30-27(29-17-15-23(16-18-29)22-9-3-1-4-10-22)19-28(25-12-5-2-6-13-25)21-31-20-24-11-7-8-14-26(24)28/h1-14,23H,15-21H2/t28-/m0/s1. The van der Waals surface area contributed by atoms with E-state index in [4.69, 9.17) is 4.74 Å². The van der Waals surface area contributed by atoms with Crippen molar-refractivity contribution in [2.24, 2.45) is 0 Å². The molecular formula is C28H29NO2. The average Bonchev–Trinajstić information content (AvgIpc) is 2.85. The molecule has 0 aliphatic carbocycles. The zero-order chi connectivity index (χ0) is 21.1. The lowest BCUT2D eigenvalue weighted by molar-refractivity contribution is -0.134. The van der Waals surface area contributed by atoms with Crippen molar-refractivity contribution in [1.29, 1.82) is 0 Å². The largest absolute Gasteiger partial charge is 0.375 e. The Morgan fingerprint density at radius 3 is 2.26 bits per heavy atom. The van der Waals surface area contributed by atoms with Crippen molar-refractivity contribution in [3.8, 4) is 0 Å². The second kappa shape index (κ2) is 8.68. The number of nitrogens with zero attached hydrogens (tertiary/aromatic N) is 1. The second-order valence-electron chi connectivity index (χ2n) is 8.84.